The highest BCUT2D eigenvalue weighted by Gasteiger charge is 2.15. The van der Waals surface area contributed by atoms with Crippen LogP contribution in [0.2, 0.25) is 5.02 Å². The van der Waals surface area contributed by atoms with Gasteiger partial charge in [0, 0.05) is 18.8 Å². The Bertz CT molecular complexity index is 443. The van der Waals surface area contributed by atoms with Crippen molar-refractivity contribution in [3.63, 3.8) is 0 Å². The molecule has 1 fully saturated rings. The molecular formula is C13H16Cl2N2O. The molecule has 5 heteroatoms. The van der Waals surface area contributed by atoms with Crippen LogP contribution in [0.25, 0.3) is 0 Å². The second kappa shape index (κ2) is 5.81. The van der Waals surface area contributed by atoms with Gasteiger partial charge in [0.1, 0.15) is 5.38 Å². The zero-order valence-corrected chi connectivity index (χ0v) is 11.8. The summed E-state index contributed by atoms with van der Waals surface area (Å²) in [5.41, 5.74) is 1.72. The minimum atomic E-state index is -0.573. The average molecular weight is 287 g/mol. The second-order valence-corrected chi connectivity index (χ2v) is 5.53. The van der Waals surface area contributed by atoms with E-state index < -0.39 is 5.38 Å². The molecule has 0 saturated carbocycles. The monoisotopic (exact) mass is 286 g/mol. The van der Waals surface area contributed by atoms with Crippen LogP contribution in [0.4, 0.5) is 11.4 Å². The first-order chi connectivity index (χ1) is 8.58. The third kappa shape index (κ3) is 3.09. The summed E-state index contributed by atoms with van der Waals surface area (Å²) in [5.74, 6) is -0.239. The summed E-state index contributed by atoms with van der Waals surface area (Å²) in [4.78, 5) is 13.9. The number of nitrogens with one attached hydrogen (secondary N) is 1. The zero-order chi connectivity index (χ0) is 13.1. The van der Waals surface area contributed by atoms with Crippen molar-refractivity contribution in [3.8, 4) is 0 Å². The number of rotatable bonds is 3. The van der Waals surface area contributed by atoms with Crippen LogP contribution in [0.5, 0.6) is 0 Å². The van der Waals surface area contributed by atoms with E-state index in [1.54, 1.807) is 6.92 Å². The van der Waals surface area contributed by atoms with Gasteiger partial charge >= 0.3 is 0 Å². The molecule has 1 amide bonds. The third-order valence-electron chi connectivity index (χ3n) is 3.04. The van der Waals surface area contributed by atoms with Gasteiger partial charge in [-0.15, -0.1) is 11.6 Å². The number of halogens is 2. The van der Waals surface area contributed by atoms with Crippen molar-refractivity contribution in [2.75, 3.05) is 23.3 Å². The minimum absolute atomic E-state index is 0.239. The normalized spacial score (nSPS) is 16.7. The molecule has 0 unspecified atom stereocenters. The lowest BCUT2D eigenvalue weighted by Crippen LogP contribution is -2.21. The van der Waals surface area contributed by atoms with Gasteiger partial charge in [0.15, 0.2) is 0 Å². The SMILES string of the molecule is C[C@@H](Cl)C(=O)Nc1cc(N2CCCC2)ccc1Cl. The number of hydrogen-bond acceptors (Lipinski definition) is 2. The van der Waals surface area contributed by atoms with E-state index in [0.717, 1.165) is 18.8 Å². The summed E-state index contributed by atoms with van der Waals surface area (Å²) in [6.45, 7) is 3.75. The van der Waals surface area contributed by atoms with Gasteiger partial charge in [-0.05, 0) is 38.0 Å². The van der Waals surface area contributed by atoms with Gasteiger partial charge in [0.2, 0.25) is 5.91 Å². The topological polar surface area (TPSA) is 32.3 Å². The van der Waals surface area contributed by atoms with Crippen LogP contribution >= 0.6 is 23.2 Å². The van der Waals surface area contributed by atoms with E-state index in [4.69, 9.17) is 23.2 Å². The molecule has 2 rings (SSSR count). The largest absolute Gasteiger partial charge is 0.371 e. The summed E-state index contributed by atoms with van der Waals surface area (Å²) in [7, 11) is 0. The Morgan fingerprint density at radius 3 is 2.67 bits per heavy atom. The maximum Gasteiger partial charge on any atom is 0.242 e. The Balaban J connectivity index is 2.18. The molecule has 0 aromatic heterocycles. The van der Waals surface area contributed by atoms with Gasteiger partial charge in [-0.25, -0.2) is 0 Å². The van der Waals surface area contributed by atoms with Crippen molar-refractivity contribution in [1.29, 1.82) is 0 Å². The summed E-state index contributed by atoms with van der Waals surface area (Å²) < 4.78 is 0. The van der Waals surface area contributed by atoms with Crippen molar-refractivity contribution < 1.29 is 4.79 Å². The molecule has 1 aliphatic heterocycles. The number of carbonyl (C=O) groups excluding carboxylic acids is 1. The highest BCUT2D eigenvalue weighted by atomic mass is 35.5. The highest BCUT2D eigenvalue weighted by Crippen LogP contribution is 2.29. The maximum absolute atomic E-state index is 11.6. The molecule has 1 saturated heterocycles. The molecule has 1 heterocycles. The number of anilines is 2. The fourth-order valence-corrected chi connectivity index (χ4v) is 2.23. The molecule has 3 nitrogen and oxygen atoms in total. The first-order valence-electron chi connectivity index (χ1n) is 6.07. The highest BCUT2D eigenvalue weighted by molar-refractivity contribution is 6.35. The number of hydrogen-bond donors (Lipinski definition) is 1. The summed E-state index contributed by atoms with van der Waals surface area (Å²) >= 11 is 11.8. The number of benzene rings is 1. The minimum Gasteiger partial charge on any atom is -0.371 e. The maximum atomic E-state index is 11.6. The molecule has 0 radical (unpaired) electrons. The molecule has 18 heavy (non-hydrogen) atoms. The Labute approximate surface area is 117 Å². The Morgan fingerprint density at radius 1 is 1.39 bits per heavy atom. The molecule has 1 atom stereocenters. The predicted octanol–water partition coefficient (Wildman–Crippen LogP) is 3.51. The molecule has 1 N–H and O–H groups in total. The quantitative estimate of drug-likeness (QED) is 0.863. The van der Waals surface area contributed by atoms with E-state index in [1.807, 2.05) is 18.2 Å². The molecule has 1 aromatic carbocycles. The van der Waals surface area contributed by atoms with E-state index in [0.29, 0.717) is 10.7 Å². The average Bonchev–Trinajstić information content (AvgIpc) is 2.85. The third-order valence-corrected chi connectivity index (χ3v) is 3.57. The van der Waals surface area contributed by atoms with Crippen LogP contribution in [0.15, 0.2) is 18.2 Å². The summed E-state index contributed by atoms with van der Waals surface area (Å²) in [6.07, 6.45) is 2.42. The van der Waals surface area contributed by atoms with Gasteiger partial charge in [0.25, 0.3) is 0 Å². The Hall–Kier alpha value is -0.930. The van der Waals surface area contributed by atoms with E-state index in [2.05, 4.69) is 10.2 Å². The van der Waals surface area contributed by atoms with E-state index >= 15 is 0 Å². The standard InChI is InChI=1S/C13H16Cl2N2O/c1-9(14)13(18)16-12-8-10(4-5-11(12)15)17-6-2-3-7-17/h4-5,8-9H,2-3,6-7H2,1H3,(H,16,18)/t9-/m1/s1. The van der Waals surface area contributed by atoms with E-state index in [9.17, 15) is 4.79 Å². The fourth-order valence-electron chi connectivity index (χ4n) is 2.01. The zero-order valence-electron chi connectivity index (χ0n) is 10.2. The molecule has 1 aliphatic rings. The lowest BCUT2D eigenvalue weighted by Gasteiger charge is -2.19. The summed E-state index contributed by atoms with van der Waals surface area (Å²) in [6, 6.07) is 5.70. The molecule has 0 spiro atoms. The first kappa shape index (κ1) is 13.5. The van der Waals surface area contributed by atoms with Crippen LogP contribution < -0.4 is 10.2 Å². The lowest BCUT2D eigenvalue weighted by atomic mass is 10.2. The fraction of sp³-hybridized carbons (Fsp3) is 0.462. The number of alkyl halides is 1. The van der Waals surface area contributed by atoms with Crippen LogP contribution in [-0.4, -0.2) is 24.4 Å². The molecule has 0 aliphatic carbocycles. The first-order valence-corrected chi connectivity index (χ1v) is 6.89. The van der Waals surface area contributed by atoms with Crippen LogP contribution in [0, 0.1) is 0 Å². The van der Waals surface area contributed by atoms with Crippen LogP contribution in [0.3, 0.4) is 0 Å². The number of nitrogens with zero attached hydrogens (tertiary/aromatic N) is 1. The van der Waals surface area contributed by atoms with Crippen molar-refractivity contribution in [1.82, 2.24) is 0 Å². The van der Waals surface area contributed by atoms with Gasteiger partial charge < -0.3 is 10.2 Å². The van der Waals surface area contributed by atoms with Crippen LogP contribution in [-0.2, 0) is 4.79 Å². The Morgan fingerprint density at radius 2 is 2.06 bits per heavy atom. The summed E-state index contributed by atoms with van der Waals surface area (Å²) in [5, 5.41) is 2.70. The van der Waals surface area contributed by atoms with Gasteiger partial charge in [-0.3, -0.25) is 4.79 Å². The molecular weight excluding hydrogens is 271 g/mol. The van der Waals surface area contributed by atoms with Crippen molar-refractivity contribution in [2.24, 2.45) is 0 Å². The second-order valence-electron chi connectivity index (χ2n) is 4.46. The smallest absolute Gasteiger partial charge is 0.242 e. The van der Waals surface area contributed by atoms with Gasteiger partial charge in [-0.2, -0.15) is 0 Å². The molecule has 0 bridgehead atoms. The van der Waals surface area contributed by atoms with Crippen molar-refractivity contribution >= 4 is 40.5 Å². The number of amides is 1. The predicted molar refractivity (Wildman–Crippen MR) is 76.8 cm³/mol. The molecule has 1 aromatic rings. The lowest BCUT2D eigenvalue weighted by molar-refractivity contribution is -0.115. The van der Waals surface area contributed by atoms with E-state index in [1.165, 1.54) is 12.8 Å². The Kier molecular flexibility index (Phi) is 4.36. The van der Waals surface area contributed by atoms with Crippen molar-refractivity contribution in [2.45, 2.75) is 25.1 Å². The molecule has 98 valence electrons. The van der Waals surface area contributed by atoms with Gasteiger partial charge in [0.05, 0.1) is 10.7 Å². The van der Waals surface area contributed by atoms with Crippen molar-refractivity contribution in [3.05, 3.63) is 23.2 Å². The number of carbonyl (C=O) groups is 1. The van der Waals surface area contributed by atoms with E-state index in [-0.39, 0.29) is 5.91 Å². The van der Waals surface area contributed by atoms with Crippen LogP contribution in [0.1, 0.15) is 19.8 Å². The van der Waals surface area contributed by atoms with Gasteiger partial charge in [-0.1, -0.05) is 11.6 Å².